The first kappa shape index (κ1) is 15.3. The van der Waals surface area contributed by atoms with Crippen LogP contribution in [0, 0.1) is 0 Å². The maximum absolute atomic E-state index is 5.79. The molecule has 0 heterocycles. The standard InChI is InChI=1S/C19H20N2O2/c1-20-11-5-6-12-23-14-9-10-16-15-7-3-4-8-17(15)19(21-22-2)18(16)13-14/h3-10,13,20H,11-12H2,1-2H3/b6-5+,21-19-. The van der Waals surface area contributed by atoms with Gasteiger partial charge in [0, 0.05) is 17.7 Å². The van der Waals surface area contributed by atoms with Crippen molar-refractivity contribution in [2.75, 3.05) is 27.3 Å². The summed E-state index contributed by atoms with van der Waals surface area (Å²) in [6.45, 7) is 1.39. The van der Waals surface area contributed by atoms with Crippen molar-refractivity contribution in [3.63, 3.8) is 0 Å². The van der Waals surface area contributed by atoms with Crippen molar-refractivity contribution < 1.29 is 9.57 Å². The first-order valence-electron chi connectivity index (χ1n) is 7.63. The fraction of sp³-hybridized carbons (Fsp3) is 0.211. The molecule has 2 aromatic carbocycles. The van der Waals surface area contributed by atoms with Gasteiger partial charge in [0.1, 0.15) is 25.2 Å². The summed E-state index contributed by atoms with van der Waals surface area (Å²) in [4.78, 5) is 5.03. The van der Waals surface area contributed by atoms with E-state index < -0.39 is 0 Å². The molecular weight excluding hydrogens is 288 g/mol. The van der Waals surface area contributed by atoms with E-state index in [0.717, 1.165) is 34.7 Å². The molecule has 0 spiro atoms. The fourth-order valence-electron chi connectivity index (χ4n) is 2.72. The van der Waals surface area contributed by atoms with Crippen molar-refractivity contribution in [2.24, 2.45) is 5.16 Å². The number of fused-ring (bicyclic) bond motifs is 3. The normalized spacial score (nSPS) is 14.1. The minimum absolute atomic E-state index is 0.546. The Morgan fingerprint density at radius 1 is 1.00 bits per heavy atom. The zero-order valence-electron chi connectivity index (χ0n) is 13.4. The van der Waals surface area contributed by atoms with E-state index in [2.05, 4.69) is 28.7 Å². The Morgan fingerprint density at radius 2 is 1.78 bits per heavy atom. The van der Waals surface area contributed by atoms with Crippen LogP contribution in [0.1, 0.15) is 11.1 Å². The molecule has 0 aliphatic heterocycles. The van der Waals surface area contributed by atoms with Crippen LogP contribution in [0.5, 0.6) is 5.75 Å². The van der Waals surface area contributed by atoms with E-state index in [4.69, 9.17) is 9.57 Å². The molecule has 0 amide bonds. The zero-order valence-corrected chi connectivity index (χ0v) is 13.4. The molecule has 0 atom stereocenters. The lowest BCUT2D eigenvalue weighted by molar-refractivity contribution is 0.214. The second-order valence-corrected chi connectivity index (χ2v) is 5.22. The first-order chi connectivity index (χ1) is 11.3. The van der Waals surface area contributed by atoms with Crippen LogP contribution in [0.25, 0.3) is 11.1 Å². The summed E-state index contributed by atoms with van der Waals surface area (Å²) in [5, 5.41) is 7.27. The highest BCUT2D eigenvalue weighted by atomic mass is 16.6. The molecule has 0 saturated heterocycles. The maximum Gasteiger partial charge on any atom is 0.120 e. The number of hydrogen-bond donors (Lipinski definition) is 1. The highest BCUT2D eigenvalue weighted by Crippen LogP contribution is 2.38. The molecule has 118 valence electrons. The van der Waals surface area contributed by atoms with Crippen LogP contribution in [-0.2, 0) is 4.84 Å². The highest BCUT2D eigenvalue weighted by molar-refractivity contribution is 6.24. The molecule has 1 aliphatic carbocycles. The molecule has 0 unspecified atom stereocenters. The van der Waals surface area contributed by atoms with Gasteiger partial charge in [-0.3, -0.25) is 0 Å². The molecular formula is C19H20N2O2. The van der Waals surface area contributed by atoms with Gasteiger partial charge in [-0.25, -0.2) is 0 Å². The molecule has 4 heteroatoms. The first-order valence-corrected chi connectivity index (χ1v) is 7.63. The Labute approximate surface area is 136 Å². The Bertz CT molecular complexity index is 751. The highest BCUT2D eigenvalue weighted by Gasteiger charge is 2.25. The van der Waals surface area contributed by atoms with Gasteiger partial charge in [-0.1, -0.05) is 41.6 Å². The van der Waals surface area contributed by atoms with E-state index in [1.165, 1.54) is 5.56 Å². The van der Waals surface area contributed by atoms with Crippen molar-refractivity contribution in [3.05, 3.63) is 65.7 Å². The van der Waals surface area contributed by atoms with Gasteiger partial charge in [0.25, 0.3) is 0 Å². The van der Waals surface area contributed by atoms with E-state index in [-0.39, 0.29) is 0 Å². The fourth-order valence-corrected chi connectivity index (χ4v) is 2.72. The van der Waals surface area contributed by atoms with Crippen molar-refractivity contribution >= 4 is 5.71 Å². The number of rotatable bonds is 6. The van der Waals surface area contributed by atoms with Gasteiger partial charge in [-0.05, 0) is 36.4 Å². The number of ether oxygens (including phenoxy) is 1. The molecule has 3 rings (SSSR count). The van der Waals surface area contributed by atoms with Crippen molar-refractivity contribution in [1.29, 1.82) is 0 Å². The average Bonchev–Trinajstić information content (AvgIpc) is 2.89. The lowest BCUT2D eigenvalue weighted by Gasteiger charge is -2.06. The third-order valence-electron chi connectivity index (χ3n) is 3.74. The molecule has 0 bridgehead atoms. The summed E-state index contributed by atoms with van der Waals surface area (Å²) in [6, 6.07) is 14.3. The summed E-state index contributed by atoms with van der Waals surface area (Å²) in [6.07, 6.45) is 4.05. The third kappa shape index (κ3) is 3.12. The minimum Gasteiger partial charge on any atom is -0.490 e. The zero-order chi connectivity index (χ0) is 16.1. The molecule has 0 fully saturated rings. The van der Waals surface area contributed by atoms with E-state index in [0.29, 0.717) is 6.61 Å². The number of oxime groups is 1. The largest absolute Gasteiger partial charge is 0.490 e. The lowest BCUT2D eigenvalue weighted by atomic mass is 10.1. The summed E-state index contributed by atoms with van der Waals surface area (Å²) >= 11 is 0. The van der Waals surface area contributed by atoms with Crippen molar-refractivity contribution in [3.8, 4) is 16.9 Å². The second kappa shape index (κ2) is 7.11. The van der Waals surface area contributed by atoms with Crippen LogP contribution in [0.4, 0.5) is 0 Å². The van der Waals surface area contributed by atoms with Crippen LogP contribution in [0.15, 0.2) is 59.8 Å². The summed E-state index contributed by atoms with van der Waals surface area (Å²) < 4.78 is 5.79. The molecule has 0 saturated carbocycles. The van der Waals surface area contributed by atoms with Crippen LogP contribution in [-0.4, -0.2) is 33.0 Å². The van der Waals surface area contributed by atoms with E-state index >= 15 is 0 Å². The van der Waals surface area contributed by atoms with E-state index in [1.807, 2.05) is 43.5 Å². The minimum atomic E-state index is 0.546. The van der Waals surface area contributed by atoms with Gasteiger partial charge >= 0.3 is 0 Å². The topological polar surface area (TPSA) is 42.8 Å². The van der Waals surface area contributed by atoms with E-state index in [1.54, 1.807) is 7.11 Å². The van der Waals surface area contributed by atoms with Gasteiger partial charge < -0.3 is 14.9 Å². The summed E-state index contributed by atoms with van der Waals surface area (Å²) in [5.41, 5.74) is 5.34. The Morgan fingerprint density at radius 3 is 2.57 bits per heavy atom. The Hall–Kier alpha value is -2.59. The van der Waals surface area contributed by atoms with Gasteiger partial charge in [0.15, 0.2) is 0 Å². The van der Waals surface area contributed by atoms with Gasteiger partial charge in [-0.15, -0.1) is 0 Å². The monoisotopic (exact) mass is 308 g/mol. The summed E-state index contributed by atoms with van der Waals surface area (Å²) in [7, 11) is 3.49. The number of nitrogens with zero attached hydrogens (tertiary/aromatic N) is 1. The van der Waals surface area contributed by atoms with Crippen LogP contribution in [0.2, 0.25) is 0 Å². The molecule has 1 aliphatic rings. The predicted octanol–water partition coefficient (Wildman–Crippen LogP) is 3.22. The van der Waals surface area contributed by atoms with Crippen molar-refractivity contribution in [2.45, 2.75) is 0 Å². The SMILES string of the molecule is CNC/C=C/COc1ccc2c(c1)/C(=N\OC)c1ccccc1-2. The number of likely N-dealkylation sites (N-methyl/N-ethyl adjacent to an activating group) is 1. The number of nitrogens with one attached hydrogen (secondary N) is 1. The van der Waals surface area contributed by atoms with Gasteiger partial charge in [-0.2, -0.15) is 0 Å². The quantitative estimate of drug-likeness (QED) is 0.561. The lowest BCUT2D eigenvalue weighted by Crippen LogP contribution is -2.05. The van der Waals surface area contributed by atoms with Gasteiger partial charge in [0.2, 0.25) is 0 Å². The molecule has 23 heavy (non-hydrogen) atoms. The van der Waals surface area contributed by atoms with Crippen molar-refractivity contribution in [1.82, 2.24) is 5.32 Å². The molecule has 4 nitrogen and oxygen atoms in total. The molecule has 0 radical (unpaired) electrons. The van der Waals surface area contributed by atoms with Crippen LogP contribution < -0.4 is 10.1 Å². The van der Waals surface area contributed by atoms with Crippen LogP contribution >= 0.6 is 0 Å². The maximum atomic E-state index is 5.79. The number of hydrogen-bond acceptors (Lipinski definition) is 4. The molecule has 1 N–H and O–H groups in total. The second-order valence-electron chi connectivity index (χ2n) is 5.22. The average molecular weight is 308 g/mol. The van der Waals surface area contributed by atoms with E-state index in [9.17, 15) is 0 Å². The molecule has 2 aromatic rings. The Kier molecular flexibility index (Phi) is 4.74. The summed E-state index contributed by atoms with van der Waals surface area (Å²) in [5.74, 6) is 0.828. The molecule has 0 aromatic heterocycles. The Balaban J connectivity index is 1.87. The number of benzene rings is 2. The smallest absolute Gasteiger partial charge is 0.120 e. The predicted molar refractivity (Wildman–Crippen MR) is 93.1 cm³/mol. The van der Waals surface area contributed by atoms with Crippen LogP contribution in [0.3, 0.4) is 0 Å². The third-order valence-corrected chi connectivity index (χ3v) is 3.74. The van der Waals surface area contributed by atoms with Gasteiger partial charge in [0.05, 0.1) is 0 Å².